The fourth-order valence-electron chi connectivity index (χ4n) is 3.09. The summed E-state index contributed by atoms with van der Waals surface area (Å²) in [6, 6.07) is 8.39. The predicted octanol–water partition coefficient (Wildman–Crippen LogP) is 2.86. The number of ether oxygens (including phenoxy) is 1. The molecule has 0 bridgehead atoms. The quantitative estimate of drug-likeness (QED) is 0.768. The Kier molecular flexibility index (Phi) is 6.51. The molecular weight excluding hydrogens is 250 g/mol. The molecule has 1 aliphatic carbocycles. The third kappa shape index (κ3) is 5.23. The number of rotatable bonds is 8. The molecule has 0 saturated heterocycles. The zero-order chi connectivity index (χ0) is 14.2. The molecule has 2 N–H and O–H groups in total. The number of aliphatic hydroxyl groups is 1. The summed E-state index contributed by atoms with van der Waals surface area (Å²) in [4.78, 5) is 0. The van der Waals surface area contributed by atoms with E-state index < -0.39 is 0 Å². The Bertz CT molecular complexity index is 388. The van der Waals surface area contributed by atoms with E-state index in [1.165, 1.54) is 36.8 Å². The van der Waals surface area contributed by atoms with Gasteiger partial charge in [0, 0.05) is 20.2 Å². The van der Waals surface area contributed by atoms with Crippen LogP contribution in [0.15, 0.2) is 24.3 Å². The average Bonchev–Trinajstić information content (AvgIpc) is 2.92. The summed E-state index contributed by atoms with van der Waals surface area (Å²) in [5, 5.41) is 13.4. The van der Waals surface area contributed by atoms with Crippen LogP contribution in [-0.4, -0.2) is 24.9 Å². The van der Waals surface area contributed by atoms with Gasteiger partial charge in [0.15, 0.2) is 0 Å². The SMILES string of the molecule is COCc1cccc(CNCC(O)CC2CCCC2)c1. The van der Waals surface area contributed by atoms with E-state index in [1.54, 1.807) is 7.11 Å². The van der Waals surface area contributed by atoms with Crippen LogP contribution < -0.4 is 5.32 Å². The van der Waals surface area contributed by atoms with Gasteiger partial charge in [0.2, 0.25) is 0 Å². The Morgan fingerprint density at radius 3 is 2.80 bits per heavy atom. The van der Waals surface area contributed by atoms with E-state index in [0.29, 0.717) is 13.2 Å². The maximum atomic E-state index is 10.0. The molecule has 0 amide bonds. The second-order valence-corrected chi connectivity index (χ2v) is 5.92. The second-order valence-electron chi connectivity index (χ2n) is 5.92. The summed E-state index contributed by atoms with van der Waals surface area (Å²) < 4.78 is 5.14. The van der Waals surface area contributed by atoms with Crippen molar-refractivity contribution in [3.05, 3.63) is 35.4 Å². The summed E-state index contributed by atoms with van der Waals surface area (Å²) >= 11 is 0. The number of hydrogen-bond acceptors (Lipinski definition) is 3. The molecule has 0 aromatic heterocycles. The van der Waals surface area contributed by atoms with Gasteiger partial charge in [0.1, 0.15) is 0 Å². The van der Waals surface area contributed by atoms with Crippen LogP contribution in [0.2, 0.25) is 0 Å². The molecule has 20 heavy (non-hydrogen) atoms. The zero-order valence-corrected chi connectivity index (χ0v) is 12.5. The monoisotopic (exact) mass is 277 g/mol. The number of benzene rings is 1. The van der Waals surface area contributed by atoms with Crippen molar-refractivity contribution in [3.63, 3.8) is 0 Å². The molecule has 3 heteroatoms. The van der Waals surface area contributed by atoms with Gasteiger partial charge in [-0.1, -0.05) is 49.9 Å². The highest BCUT2D eigenvalue weighted by Gasteiger charge is 2.18. The van der Waals surface area contributed by atoms with Gasteiger partial charge in [0.25, 0.3) is 0 Å². The Labute approximate surface area is 122 Å². The van der Waals surface area contributed by atoms with Gasteiger partial charge in [-0.2, -0.15) is 0 Å². The van der Waals surface area contributed by atoms with Gasteiger partial charge in [-0.25, -0.2) is 0 Å². The molecule has 2 rings (SSSR count). The van der Waals surface area contributed by atoms with Gasteiger partial charge in [0.05, 0.1) is 12.7 Å². The molecule has 0 aliphatic heterocycles. The van der Waals surface area contributed by atoms with Crippen LogP contribution in [0.3, 0.4) is 0 Å². The Balaban J connectivity index is 1.67. The van der Waals surface area contributed by atoms with Gasteiger partial charge >= 0.3 is 0 Å². The smallest absolute Gasteiger partial charge is 0.0713 e. The molecule has 0 radical (unpaired) electrons. The Hall–Kier alpha value is -0.900. The highest BCUT2D eigenvalue weighted by atomic mass is 16.5. The van der Waals surface area contributed by atoms with Crippen LogP contribution in [0.25, 0.3) is 0 Å². The predicted molar refractivity (Wildman–Crippen MR) is 81.4 cm³/mol. The molecule has 1 aliphatic rings. The lowest BCUT2D eigenvalue weighted by Crippen LogP contribution is -2.27. The molecule has 1 fully saturated rings. The molecule has 1 aromatic rings. The van der Waals surface area contributed by atoms with Gasteiger partial charge < -0.3 is 15.2 Å². The van der Waals surface area contributed by atoms with Crippen LogP contribution in [0, 0.1) is 5.92 Å². The van der Waals surface area contributed by atoms with Crippen molar-refractivity contribution in [2.75, 3.05) is 13.7 Å². The van der Waals surface area contributed by atoms with Crippen LogP contribution >= 0.6 is 0 Å². The first-order chi connectivity index (χ1) is 9.78. The highest BCUT2D eigenvalue weighted by molar-refractivity contribution is 5.22. The molecule has 112 valence electrons. The van der Waals surface area contributed by atoms with Crippen molar-refractivity contribution in [1.29, 1.82) is 0 Å². The molecule has 3 nitrogen and oxygen atoms in total. The molecule has 1 atom stereocenters. The van der Waals surface area contributed by atoms with E-state index in [9.17, 15) is 5.11 Å². The van der Waals surface area contributed by atoms with Crippen molar-refractivity contribution < 1.29 is 9.84 Å². The van der Waals surface area contributed by atoms with Crippen molar-refractivity contribution in [1.82, 2.24) is 5.32 Å². The maximum absolute atomic E-state index is 10.0. The van der Waals surface area contributed by atoms with Crippen LogP contribution in [0.4, 0.5) is 0 Å². The fourth-order valence-corrected chi connectivity index (χ4v) is 3.09. The number of hydrogen-bond donors (Lipinski definition) is 2. The van der Waals surface area contributed by atoms with Crippen LogP contribution in [0.5, 0.6) is 0 Å². The first kappa shape index (κ1) is 15.5. The molecule has 0 spiro atoms. The van der Waals surface area contributed by atoms with Crippen LogP contribution in [0.1, 0.15) is 43.2 Å². The standard InChI is InChI=1S/C17H27NO2/c1-20-13-16-8-4-7-15(9-16)11-18-12-17(19)10-14-5-2-3-6-14/h4,7-9,14,17-19H,2-3,5-6,10-13H2,1H3. The number of nitrogens with one attached hydrogen (secondary N) is 1. The average molecular weight is 277 g/mol. The highest BCUT2D eigenvalue weighted by Crippen LogP contribution is 2.28. The summed E-state index contributed by atoms with van der Waals surface area (Å²) in [5.41, 5.74) is 2.44. The largest absolute Gasteiger partial charge is 0.392 e. The summed E-state index contributed by atoms with van der Waals surface area (Å²) in [7, 11) is 1.71. The third-order valence-corrected chi connectivity index (χ3v) is 4.09. The van der Waals surface area contributed by atoms with Gasteiger partial charge in [-0.15, -0.1) is 0 Å². The van der Waals surface area contributed by atoms with E-state index in [1.807, 2.05) is 0 Å². The van der Waals surface area contributed by atoms with Crippen molar-refractivity contribution in [3.8, 4) is 0 Å². The summed E-state index contributed by atoms with van der Waals surface area (Å²) in [6.07, 6.45) is 6.04. The zero-order valence-electron chi connectivity index (χ0n) is 12.5. The second kappa shape index (κ2) is 8.40. The van der Waals surface area contributed by atoms with Gasteiger partial charge in [-0.05, 0) is 23.5 Å². The molecular formula is C17H27NO2. The molecule has 1 unspecified atom stereocenters. The number of methoxy groups -OCH3 is 1. The normalized spacial score (nSPS) is 17.5. The van der Waals surface area contributed by atoms with E-state index in [4.69, 9.17) is 4.74 Å². The van der Waals surface area contributed by atoms with Crippen LogP contribution in [-0.2, 0) is 17.9 Å². The molecule has 1 aromatic carbocycles. The van der Waals surface area contributed by atoms with Gasteiger partial charge in [-0.3, -0.25) is 0 Å². The number of aliphatic hydroxyl groups excluding tert-OH is 1. The van der Waals surface area contributed by atoms with E-state index in [-0.39, 0.29) is 6.10 Å². The Morgan fingerprint density at radius 1 is 1.30 bits per heavy atom. The Morgan fingerprint density at radius 2 is 2.05 bits per heavy atom. The fraction of sp³-hybridized carbons (Fsp3) is 0.647. The minimum atomic E-state index is -0.208. The van der Waals surface area contributed by atoms with Crippen molar-refractivity contribution >= 4 is 0 Å². The molecule has 1 saturated carbocycles. The third-order valence-electron chi connectivity index (χ3n) is 4.09. The first-order valence-electron chi connectivity index (χ1n) is 7.73. The summed E-state index contributed by atoms with van der Waals surface area (Å²) in [6.45, 7) is 2.14. The van der Waals surface area contributed by atoms with Crippen molar-refractivity contribution in [2.45, 2.75) is 51.4 Å². The topological polar surface area (TPSA) is 41.5 Å². The van der Waals surface area contributed by atoms with E-state index >= 15 is 0 Å². The molecule has 0 heterocycles. The summed E-state index contributed by atoms with van der Waals surface area (Å²) in [5.74, 6) is 0.747. The minimum absolute atomic E-state index is 0.208. The lowest BCUT2D eigenvalue weighted by atomic mass is 10.00. The lowest BCUT2D eigenvalue weighted by molar-refractivity contribution is 0.140. The minimum Gasteiger partial charge on any atom is -0.392 e. The van der Waals surface area contributed by atoms with E-state index in [0.717, 1.165) is 18.9 Å². The van der Waals surface area contributed by atoms with E-state index in [2.05, 4.69) is 29.6 Å². The maximum Gasteiger partial charge on any atom is 0.0713 e. The first-order valence-corrected chi connectivity index (χ1v) is 7.73. The lowest BCUT2D eigenvalue weighted by Gasteiger charge is -2.16. The van der Waals surface area contributed by atoms with Crippen molar-refractivity contribution in [2.24, 2.45) is 5.92 Å².